The molecule has 0 aliphatic rings. The van der Waals surface area contributed by atoms with Crippen LogP contribution in [0.5, 0.6) is 0 Å². The predicted molar refractivity (Wildman–Crippen MR) is 59.1 cm³/mol. The molecule has 0 unspecified atom stereocenters. The van der Waals surface area contributed by atoms with Crippen molar-refractivity contribution in [3.63, 3.8) is 0 Å². The molecule has 1 aromatic carbocycles. The Bertz CT molecular complexity index is 748. The Balaban J connectivity index is 2.49. The van der Waals surface area contributed by atoms with Crippen LogP contribution in [0.25, 0.3) is 11.1 Å². The number of aromatic nitrogens is 1. The molecular formula is C10H8N2O4S. The van der Waals surface area contributed by atoms with Crippen molar-refractivity contribution >= 4 is 20.9 Å². The van der Waals surface area contributed by atoms with E-state index in [0.29, 0.717) is 5.52 Å². The van der Waals surface area contributed by atoms with E-state index >= 15 is 0 Å². The number of benzene rings is 1. The van der Waals surface area contributed by atoms with Crippen LogP contribution in [0.4, 0.5) is 0 Å². The standard InChI is InChI=1S/C10H8N2O4S/c11-4-1-5-17(14,15)7-2-3-8-9(6-7)16-10(13)12-8/h2-3,6H,1,5H2,(H,12,13). The van der Waals surface area contributed by atoms with E-state index in [1.165, 1.54) is 18.2 Å². The third-order valence-electron chi connectivity index (χ3n) is 2.23. The molecule has 0 saturated heterocycles. The summed E-state index contributed by atoms with van der Waals surface area (Å²) in [7, 11) is -3.50. The quantitative estimate of drug-likeness (QED) is 0.870. The smallest absolute Gasteiger partial charge is 0.408 e. The Morgan fingerprint density at radius 2 is 2.18 bits per heavy atom. The van der Waals surface area contributed by atoms with Gasteiger partial charge in [-0.2, -0.15) is 5.26 Å². The molecule has 17 heavy (non-hydrogen) atoms. The van der Waals surface area contributed by atoms with E-state index in [1.807, 2.05) is 0 Å². The van der Waals surface area contributed by atoms with Gasteiger partial charge in [0.2, 0.25) is 0 Å². The first-order valence-corrected chi connectivity index (χ1v) is 6.41. The highest BCUT2D eigenvalue weighted by Crippen LogP contribution is 2.18. The number of H-pyrrole nitrogens is 1. The van der Waals surface area contributed by atoms with Crippen molar-refractivity contribution in [2.75, 3.05) is 5.75 Å². The van der Waals surface area contributed by atoms with Gasteiger partial charge in [0.15, 0.2) is 15.4 Å². The number of nitriles is 1. The second kappa shape index (κ2) is 4.07. The Morgan fingerprint density at radius 1 is 1.41 bits per heavy atom. The van der Waals surface area contributed by atoms with Crippen molar-refractivity contribution in [3.8, 4) is 6.07 Å². The van der Waals surface area contributed by atoms with Crippen molar-refractivity contribution < 1.29 is 12.8 Å². The average molecular weight is 252 g/mol. The number of hydrogen-bond donors (Lipinski definition) is 1. The summed E-state index contributed by atoms with van der Waals surface area (Å²) in [6.45, 7) is 0. The van der Waals surface area contributed by atoms with Gasteiger partial charge in [0, 0.05) is 12.5 Å². The van der Waals surface area contributed by atoms with E-state index in [9.17, 15) is 13.2 Å². The van der Waals surface area contributed by atoms with Crippen molar-refractivity contribution in [3.05, 3.63) is 28.7 Å². The van der Waals surface area contributed by atoms with Gasteiger partial charge >= 0.3 is 5.76 Å². The SMILES string of the molecule is N#CCCS(=O)(=O)c1ccc2[nH]c(=O)oc2c1. The number of hydrogen-bond acceptors (Lipinski definition) is 5. The minimum atomic E-state index is -3.50. The molecule has 0 aliphatic carbocycles. The van der Waals surface area contributed by atoms with Crippen molar-refractivity contribution in [1.29, 1.82) is 5.26 Å². The van der Waals surface area contributed by atoms with Gasteiger partial charge in [0.05, 0.1) is 22.2 Å². The van der Waals surface area contributed by atoms with E-state index < -0.39 is 15.6 Å². The van der Waals surface area contributed by atoms with Gasteiger partial charge in [-0.05, 0) is 12.1 Å². The number of fused-ring (bicyclic) bond motifs is 1. The molecule has 1 N–H and O–H groups in total. The van der Waals surface area contributed by atoms with Gasteiger partial charge in [-0.25, -0.2) is 13.2 Å². The Kier molecular flexibility index (Phi) is 2.73. The van der Waals surface area contributed by atoms with Gasteiger partial charge in [-0.1, -0.05) is 0 Å². The lowest BCUT2D eigenvalue weighted by Gasteiger charge is -2.00. The molecule has 0 bridgehead atoms. The van der Waals surface area contributed by atoms with Crippen LogP contribution in [0.3, 0.4) is 0 Å². The van der Waals surface area contributed by atoms with Crippen LogP contribution in [-0.2, 0) is 9.84 Å². The van der Waals surface area contributed by atoms with Crippen LogP contribution in [0.2, 0.25) is 0 Å². The molecule has 0 radical (unpaired) electrons. The van der Waals surface area contributed by atoms with Crippen molar-refractivity contribution in [2.45, 2.75) is 11.3 Å². The van der Waals surface area contributed by atoms with Gasteiger partial charge in [-0.15, -0.1) is 0 Å². The number of rotatable bonds is 3. The second-order valence-electron chi connectivity index (χ2n) is 3.40. The number of oxazole rings is 1. The zero-order chi connectivity index (χ0) is 12.5. The molecule has 6 nitrogen and oxygen atoms in total. The topological polar surface area (TPSA) is 104 Å². The van der Waals surface area contributed by atoms with Gasteiger partial charge in [-0.3, -0.25) is 4.98 Å². The normalized spacial score (nSPS) is 11.5. The Hall–Kier alpha value is -2.07. The summed E-state index contributed by atoms with van der Waals surface area (Å²) in [5.41, 5.74) is 0.627. The molecule has 7 heteroatoms. The zero-order valence-electron chi connectivity index (χ0n) is 8.63. The van der Waals surface area contributed by atoms with Crippen LogP contribution >= 0.6 is 0 Å². The highest BCUT2D eigenvalue weighted by molar-refractivity contribution is 7.91. The minimum absolute atomic E-state index is 0.0444. The van der Waals surface area contributed by atoms with E-state index in [0.717, 1.165) is 0 Å². The number of aromatic amines is 1. The fraction of sp³-hybridized carbons (Fsp3) is 0.200. The molecule has 0 amide bonds. The lowest BCUT2D eigenvalue weighted by Crippen LogP contribution is -2.05. The highest BCUT2D eigenvalue weighted by Gasteiger charge is 2.15. The summed E-state index contributed by atoms with van der Waals surface area (Å²) in [4.78, 5) is 13.4. The van der Waals surface area contributed by atoms with Crippen LogP contribution in [0, 0.1) is 11.3 Å². The fourth-order valence-electron chi connectivity index (χ4n) is 1.42. The number of sulfone groups is 1. The molecule has 1 aromatic heterocycles. The maximum atomic E-state index is 11.8. The van der Waals surface area contributed by atoms with Crippen LogP contribution in [-0.4, -0.2) is 19.2 Å². The second-order valence-corrected chi connectivity index (χ2v) is 5.51. The van der Waals surface area contributed by atoms with Gasteiger partial charge in [0.25, 0.3) is 0 Å². The van der Waals surface area contributed by atoms with Gasteiger partial charge < -0.3 is 4.42 Å². The molecule has 1 heterocycles. The fourth-order valence-corrected chi connectivity index (χ4v) is 2.57. The highest BCUT2D eigenvalue weighted by atomic mass is 32.2. The molecule has 2 aromatic rings. The van der Waals surface area contributed by atoms with Gasteiger partial charge in [0.1, 0.15) is 0 Å². The first-order chi connectivity index (χ1) is 8.03. The molecule has 0 aliphatic heterocycles. The summed E-state index contributed by atoms with van der Waals surface area (Å²) in [5.74, 6) is -0.879. The number of nitrogens with zero attached hydrogens (tertiary/aromatic N) is 1. The van der Waals surface area contributed by atoms with Crippen LogP contribution in [0.15, 0.2) is 32.3 Å². The molecule has 0 saturated carbocycles. The molecular weight excluding hydrogens is 244 g/mol. The monoisotopic (exact) mass is 252 g/mol. The van der Waals surface area contributed by atoms with E-state index in [-0.39, 0.29) is 22.7 Å². The largest absolute Gasteiger partial charge is 0.417 e. The molecule has 88 valence electrons. The van der Waals surface area contributed by atoms with E-state index in [4.69, 9.17) is 9.68 Å². The lowest BCUT2D eigenvalue weighted by atomic mass is 10.3. The average Bonchev–Trinajstić information content (AvgIpc) is 2.65. The predicted octanol–water partition coefficient (Wildman–Crippen LogP) is 0.808. The third kappa shape index (κ3) is 2.21. The summed E-state index contributed by atoms with van der Waals surface area (Å²) >= 11 is 0. The summed E-state index contributed by atoms with van der Waals surface area (Å²) in [6.07, 6.45) is -0.0720. The Labute approximate surface area is 96.4 Å². The number of nitrogens with one attached hydrogen (secondary N) is 1. The minimum Gasteiger partial charge on any atom is -0.408 e. The summed E-state index contributed by atoms with van der Waals surface area (Å²) < 4.78 is 28.3. The maximum absolute atomic E-state index is 11.8. The first kappa shape index (κ1) is 11.4. The Morgan fingerprint density at radius 3 is 2.88 bits per heavy atom. The van der Waals surface area contributed by atoms with Crippen molar-refractivity contribution in [2.24, 2.45) is 0 Å². The molecule has 0 spiro atoms. The van der Waals surface area contributed by atoms with E-state index in [2.05, 4.69) is 4.98 Å². The van der Waals surface area contributed by atoms with Crippen LogP contribution < -0.4 is 5.76 Å². The molecule has 0 fully saturated rings. The first-order valence-electron chi connectivity index (χ1n) is 4.75. The molecule has 2 rings (SSSR count). The van der Waals surface area contributed by atoms with Crippen molar-refractivity contribution in [1.82, 2.24) is 4.98 Å². The maximum Gasteiger partial charge on any atom is 0.417 e. The lowest BCUT2D eigenvalue weighted by molar-refractivity contribution is 0.554. The summed E-state index contributed by atoms with van der Waals surface area (Å²) in [6, 6.07) is 5.89. The van der Waals surface area contributed by atoms with E-state index in [1.54, 1.807) is 6.07 Å². The third-order valence-corrected chi connectivity index (χ3v) is 3.95. The summed E-state index contributed by atoms with van der Waals surface area (Å²) in [5, 5.41) is 8.37. The molecule has 0 atom stereocenters. The van der Waals surface area contributed by atoms with Crippen LogP contribution in [0.1, 0.15) is 6.42 Å². The zero-order valence-corrected chi connectivity index (χ0v) is 9.45.